The van der Waals surface area contributed by atoms with Gasteiger partial charge in [0.1, 0.15) is 6.04 Å². The smallest absolute Gasteiger partial charge is 0.321 e. The fourth-order valence-electron chi connectivity index (χ4n) is 8.56. The van der Waals surface area contributed by atoms with Crippen LogP contribution in [-0.4, -0.2) is 69.4 Å². The molecule has 0 bridgehead atoms. The van der Waals surface area contributed by atoms with Crippen molar-refractivity contribution in [2.75, 3.05) is 32.7 Å². The van der Waals surface area contributed by atoms with E-state index in [2.05, 4.69) is 102 Å². The standard InChI is InChI=1S/C38H52N4O2/c1-4-42-34(24-35(39-42)38(2,3)32-18-12-7-13-19-32)29-20-22-40(23-21-29)25-31-26-41(27-33(31)28-14-8-5-9-15-28)36(37(43)44)30-16-10-6-11-17-30/h5,7-9,12-15,18-19,24,29-31,33,36H,4,6,10-11,16-17,20-23,25-27H2,1-3H3,(H,43,44). The zero-order chi connectivity index (χ0) is 30.7. The molecule has 3 aliphatic rings. The molecule has 1 aliphatic carbocycles. The summed E-state index contributed by atoms with van der Waals surface area (Å²) >= 11 is 0. The summed E-state index contributed by atoms with van der Waals surface area (Å²) in [6.45, 7) is 12.6. The Balaban J connectivity index is 1.14. The van der Waals surface area contributed by atoms with E-state index in [1.807, 2.05) is 0 Å². The van der Waals surface area contributed by atoms with Gasteiger partial charge >= 0.3 is 5.97 Å². The molecule has 3 unspecified atom stereocenters. The highest BCUT2D eigenvalue weighted by atomic mass is 16.4. The highest BCUT2D eigenvalue weighted by molar-refractivity contribution is 5.74. The topological polar surface area (TPSA) is 61.6 Å². The van der Waals surface area contributed by atoms with Gasteiger partial charge in [0.15, 0.2) is 0 Å². The number of rotatable bonds is 10. The van der Waals surface area contributed by atoms with Gasteiger partial charge in [0.2, 0.25) is 0 Å². The number of aromatic nitrogens is 2. The number of piperidine rings is 1. The van der Waals surface area contributed by atoms with Crippen LogP contribution >= 0.6 is 0 Å². The monoisotopic (exact) mass is 596 g/mol. The Hall–Kier alpha value is -2.96. The third kappa shape index (κ3) is 6.53. The summed E-state index contributed by atoms with van der Waals surface area (Å²) in [4.78, 5) is 17.6. The lowest BCUT2D eigenvalue weighted by atomic mass is 9.81. The molecule has 3 fully saturated rings. The third-order valence-electron chi connectivity index (χ3n) is 11.2. The van der Waals surface area contributed by atoms with E-state index in [0.717, 1.165) is 70.6 Å². The van der Waals surface area contributed by atoms with E-state index in [1.54, 1.807) is 0 Å². The van der Waals surface area contributed by atoms with Crippen molar-refractivity contribution in [1.29, 1.82) is 0 Å². The maximum Gasteiger partial charge on any atom is 0.321 e. The lowest BCUT2D eigenvalue weighted by Gasteiger charge is -2.35. The zero-order valence-electron chi connectivity index (χ0n) is 27.1. The molecular formula is C38H52N4O2. The van der Waals surface area contributed by atoms with Crippen LogP contribution in [0.3, 0.4) is 0 Å². The van der Waals surface area contributed by atoms with Gasteiger partial charge < -0.3 is 10.0 Å². The molecule has 0 radical (unpaired) electrons. The molecular weight excluding hydrogens is 544 g/mol. The minimum atomic E-state index is -0.618. The Morgan fingerprint density at radius 1 is 0.932 bits per heavy atom. The molecule has 3 aromatic rings. The first-order chi connectivity index (χ1) is 21.3. The first-order valence-electron chi connectivity index (χ1n) is 17.2. The number of likely N-dealkylation sites (tertiary alicyclic amines) is 2. The van der Waals surface area contributed by atoms with Crippen molar-refractivity contribution in [3.63, 3.8) is 0 Å². The Morgan fingerprint density at radius 3 is 2.23 bits per heavy atom. The summed E-state index contributed by atoms with van der Waals surface area (Å²) in [6.07, 6.45) is 7.99. The Labute approximate surface area is 264 Å². The fraction of sp³-hybridized carbons (Fsp3) is 0.579. The number of carboxylic acid groups (broad SMARTS) is 1. The number of carboxylic acids is 1. The summed E-state index contributed by atoms with van der Waals surface area (Å²) in [6, 6.07) is 23.7. The summed E-state index contributed by atoms with van der Waals surface area (Å²) in [7, 11) is 0. The Morgan fingerprint density at radius 2 is 1.59 bits per heavy atom. The molecule has 2 aromatic carbocycles. The predicted molar refractivity (Wildman–Crippen MR) is 177 cm³/mol. The summed E-state index contributed by atoms with van der Waals surface area (Å²) in [5, 5.41) is 15.5. The molecule has 1 saturated carbocycles. The van der Waals surface area contributed by atoms with E-state index < -0.39 is 5.97 Å². The number of benzene rings is 2. The SMILES string of the molecule is CCn1nc(C(C)(C)c2ccccc2)cc1C1CCN(CC2CN(C(C(=O)O)C3CCCCC3)CC2c2ccccc2)CC1. The highest BCUT2D eigenvalue weighted by Crippen LogP contribution is 2.40. The molecule has 2 saturated heterocycles. The van der Waals surface area contributed by atoms with Crippen molar-refractivity contribution >= 4 is 5.97 Å². The van der Waals surface area contributed by atoms with Gasteiger partial charge in [-0.25, -0.2) is 0 Å². The highest BCUT2D eigenvalue weighted by Gasteiger charge is 2.43. The van der Waals surface area contributed by atoms with Crippen LogP contribution in [0.15, 0.2) is 66.7 Å². The van der Waals surface area contributed by atoms with E-state index >= 15 is 0 Å². The van der Waals surface area contributed by atoms with Crippen LogP contribution in [0.1, 0.15) is 100 Å². The number of carbonyl (C=O) groups is 1. The maximum atomic E-state index is 12.6. The van der Waals surface area contributed by atoms with E-state index in [1.165, 1.54) is 36.1 Å². The van der Waals surface area contributed by atoms with Crippen LogP contribution in [0.4, 0.5) is 0 Å². The van der Waals surface area contributed by atoms with Gasteiger partial charge in [-0.1, -0.05) is 93.8 Å². The van der Waals surface area contributed by atoms with Gasteiger partial charge in [0.25, 0.3) is 0 Å². The molecule has 236 valence electrons. The van der Waals surface area contributed by atoms with Crippen LogP contribution in [0.25, 0.3) is 0 Å². The lowest BCUT2D eigenvalue weighted by molar-refractivity contribution is -0.145. The number of nitrogens with zero attached hydrogens (tertiary/aromatic N) is 4. The quantitative estimate of drug-likeness (QED) is 0.269. The van der Waals surface area contributed by atoms with E-state index in [9.17, 15) is 9.90 Å². The minimum Gasteiger partial charge on any atom is -0.480 e. The summed E-state index contributed by atoms with van der Waals surface area (Å²) in [5.74, 6) is 1.01. The zero-order valence-corrected chi connectivity index (χ0v) is 27.1. The predicted octanol–water partition coefficient (Wildman–Crippen LogP) is 7.16. The average molecular weight is 597 g/mol. The van der Waals surface area contributed by atoms with Crippen LogP contribution in [0.5, 0.6) is 0 Å². The minimum absolute atomic E-state index is 0.136. The molecule has 6 rings (SSSR count). The molecule has 6 nitrogen and oxygen atoms in total. The van der Waals surface area contributed by atoms with Crippen LogP contribution in [-0.2, 0) is 16.8 Å². The van der Waals surface area contributed by atoms with Gasteiger partial charge in [0, 0.05) is 49.1 Å². The number of hydrogen-bond acceptors (Lipinski definition) is 4. The lowest BCUT2D eigenvalue weighted by Crippen LogP contribution is -2.46. The van der Waals surface area contributed by atoms with Gasteiger partial charge in [0.05, 0.1) is 5.69 Å². The normalized spacial score (nSPS) is 23.6. The molecule has 1 aromatic heterocycles. The number of aliphatic carboxylic acids is 1. The average Bonchev–Trinajstić information content (AvgIpc) is 3.68. The second-order valence-corrected chi connectivity index (χ2v) is 14.2. The van der Waals surface area contributed by atoms with Crippen molar-refractivity contribution in [2.24, 2.45) is 11.8 Å². The second-order valence-electron chi connectivity index (χ2n) is 14.2. The number of aryl methyl sites for hydroxylation is 1. The Bertz CT molecular complexity index is 1360. The first kappa shape index (κ1) is 31.0. The molecule has 44 heavy (non-hydrogen) atoms. The van der Waals surface area contributed by atoms with Crippen molar-refractivity contribution in [3.05, 3.63) is 89.2 Å². The van der Waals surface area contributed by atoms with Crippen molar-refractivity contribution in [3.8, 4) is 0 Å². The van der Waals surface area contributed by atoms with Gasteiger partial charge in [-0.2, -0.15) is 5.10 Å². The van der Waals surface area contributed by atoms with Crippen molar-refractivity contribution in [1.82, 2.24) is 19.6 Å². The van der Waals surface area contributed by atoms with Crippen LogP contribution in [0.2, 0.25) is 0 Å². The molecule has 3 atom stereocenters. The molecule has 1 N–H and O–H groups in total. The van der Waals surface area contributed by atoms with Crippen molar-refractivity contribution < 1.29 is 9.90 Å². The second kappa shape index (κ2) is 13.6. The van der Waals surface area contributed by atoms with Gasteiger partial charge in [-0.15, -0.1) is 0 Å². The van der Waals surface area contributed by atoms with Crippen LogP contribution < -0.4 is 0 Å². The van der Waals surface area contributed by atoms with Gasteiger partial charge in [-0.3, -0.25) is 14.4 Å². The molecule has 6 heteroatoms. The molecule has 0 amide bonds. The van der Waals surface area contributed by atoms with E-state index in [0.29, 0.717) is 17.8 Å². The van der Waals surface area contributed by atoms with E-state index in [-0.39, 0.29) is 17.4 Å². The first-order valence-corrected chi connectivity index (χ1v) is 17.2. The van der Waals surface area contributed by atoms with Gasteiger partial charge in [-0.05, 0) is 74.7 Å². The summed E-state index contributed by atoms with van der Waals surface area (Å²) in [5.41, 5.74) is 5.07. The largest absolute Gasteiger partial charge is 0.480 e. The van der Waals surface area contributed by atoms with Crippen LogP contribution in [0, 0.1) is 11.8 Å². The summed E-state index contributed by atoms with van der Waals surface area (Å²) < 4.78 is 2.25. The maximum absolute atomic E-state index is 12.6. The molecule has 0 spiro atoms. The third-order valence-corrected chi connectivity index (χ3v) is 11.2. The number of hydrogen-bond donors (Lipinski definition) is 1. The molecule has 2 aliphatic heterocycles. The van der Waals surface area contributed by atoms with Crippen molar-refractivity contribution in [2.45, 2.75) is 95.6 Å². The fourth-order valence-corrected chi connectivity index (χ4v) is 8.56. The molecule has 3 heterocycles. The van der Waals surface area contributed by atoms with E-state index in [4.69, 9.17) is 5.10 Å². The Kier molecular flexibility index (Phi) is 9.58.